The first-order valence-electron chi connectivity index (χ1n) is 3.50. The Balaban J connectivity index is 2.64. The van der Waals surface area contributed by atoms with Crippen LogP contribution in [0, 0.1) is 5.41 Å². The Morgan fingerprint density at radius 2 is 2.36 bits per heavy atom. The first-order valence-corrected chi connectivity index (χ1v) is 3.50. The third-order valence-corrected chi connectivity index (χ3v) is 2.10. The summed E-state index contributed by atoms with van der Waals surface area (Å²) >= 11 is 0. The standard InChI is InChI=1S/C8H12O3/c1-6-3-8(4-6,5-9)7(10)11-2/h9H,1,3-5H2,2H3. The largest absolute Gasteiger partial charge is 0.469 e. The minimum Gasteiger partial charge on any atom is -0.469 e. The van der Waals surface area contributed by atoms with E-state index in [4.69, 9.17) is 5.11 Å². The van der Waals surface area contributed by atoms with E-state index < -0.39 is 5.41 Å². The van der Waals surface area contributed by atoms with Crippen molar-refractivity contribution in [3.8, 4) is 0 Å². The number of hydrogen-bond acceptors (Lipinski definition) is 3. The summed E-state index contributed by atoms with van der Waals surface area (Å²) in [4.78, 5) is 11.1. The highest BCUT2D eigenvalue weighted by atomic mass is 16.5. The zero-order chi connectivity index (χ0) is 8.48. The molecule has 0 aromatic heterocycles. The molecule has 1 rings (SSSR count). The number of methoxy groups -OCH3 is 1. The molecule has 0 unspecified atom stereocenters. The van der Waals surface area contributed by atoms with E-state index >= 15 is 0 Å². The molecule has 1 aliphatic carbocycles. The molecule has 1 saturated carbocycles. The van der Waals surface area contributed by atoms with Crippen LogP contribution in [0.25, 0.3) is 0 Å². The molecular formula is C8H12O3. The second-order valence-electron chi connectivity index (χ2n) is 3.03. The summed E-state index contributed by atoms with van der Waals surface area (Å²) in [5, 5.41) is 8.91. The molecule has 0 atom stereocenters. The Kier molecular flexibility index (Phi) is 2.00. The zero-order valence-corrected chi connectivity index (χ0v) is 6.59. The quantitative estimate of drug-likeness (QED) is 0.467. The molecule has 1 fully saturated rings. The molecule has 0 aromatic rings. The lowest BCUT2D eigenvalue weighted by Crippen LogP contribution is -2.43. The maximum Gasteiger partial charge on any atom is 0.314 e. The topological polar surface area (TPSA) is 46.5 Å². The minimum atomic E-state index is -0.661. The summed E-state index contributed by atoms with van der Waals surface area (Å²) in [6.07, 6.45) is 1.13. The van der Waals surface area contributed by atoms with Crippen molar-refractivity contribution in [1.29, 1.82) is 0 Å². The summed E-state index contributed by atoms with van der Waals surface area (Å²) < 4.78 is 4.56. The average Bonchev–Trinajstić information content (AvgIpc) is 1.96. The lowest BCUT2D eigenvalue weighted by atomic mass is 9.66. The minimum absolute atomic E-state index is 0.140. The van der Waals surface area contributed by atoms with Crippen LogP contribution in [0.4, 0.5) is 0 Å². The van der Waals surface area contributed by atoms with Crippen LogP contribution in [-0.2, 0) is 9.53 Å². The van der Waals surface area contributed by atoms with Crippen molar-refractivity contribution in [2.75, 3.05) is 13.7 Å². The van der Waals surface area contributed by atoms with Crippen LogP contribution in [-0.4, -0.2) is 24.8 Å². The molecule has 0 spiro atoms. The van der Waals surface area contributed by atoms with Crippen molar-refractivity contribution in [3.63, 3.8) is 0 Å². The lowest BCUT2D eigenvalue weighted by Gasteiger charge is -2.38. The van der Waals surface area contributed by atoms with E-state index in [1.54, 1.807) is 0 Å². The highest BCUT2D eigenvalue weighted by Crippen LogP contribution is 2.44. The van der Waals surface area contributed by atoms with Gasteiger partial charge >= 0.3 is 5.97 Å². The zero-order valence-electron chi connectivity index (χ0n) is 6.59. The van der Waals surface area contributed by atoms with Gasteiger partial charge in [-0.25, -0.2) is 0 Å². The fourth-order valence-electron chi connectivity index (χ4n) is 1.44. The monoisotopic (exact) mass is 156 g/mol. The van der Waals surface area contributed by atoms with E-state index in [9.17, 15) is 4.79 Å². The van der Waals surface area contributed by atoms with E-state index in [2.05, 4.69) is 11.3 Å². The number of esters is 1. The third-order valence-electron chi connectivity index (χ3n) is 2.10. The molecule has 0 radical (unpaired) electrons. The summed E-state index contributed by atoms with van der Waals surface area (Å²) in [7, 11) is 1.33. The number of aliphatic hydroxyl groups is 1. The summed E-state index contributed by atoms with van der Waals surface area (Å²) in [5.41, 5.74) is 0.343. The summed E-state index contributed by atoms with van der Waals surface area (Å²) in [5.74, 6) is -0.326. The number of allylic oxidation sites excluding steroid dienone is 1. The molecule has 3 nitrogen and oxygen atoms in total. The first-order chi connectivity index (χ1) is 5.14. The maximum atomic E-state index is 11.1. The lowest BCUT2D eigenvalue weighted by molar-refractivity contribution is -0.158. The Morgan fingerprint density at radius 1 is 1.82 bits per heavy atom. The van der Waals surface area contributed by atoms with Gasteiger partial charge in [-0.2, -0.15) is 0 Å². The first kappa shape index (κ1) is 8.27. The molecule has 0 bridgehead atoms. The van der Waals surface area contributed by atoms with Crippen LogP contribution >= 0.6 is 0 Å². The predicted molar refractivity (Wildman–Crippen MR) is 39.9 cm³/mol. The molecule has 3 heteroatoms. The highest BCUT2D eigenvalue weighted by molar-refractivity contribution is 5.79. The van der Waals surface area contributed by atoms with Crippen LogP contribution in [0.15, 0.2) is 12.2 Å². The van der Waals surface area contributed by atoms with E-state index in [0.717, 1.165) is 5.57 Å². The number of carbonyl (C=O) groups excluding carboxylic acids is 1. The molecule has 1 N–H and O–H groups in total. The highest BCUT2D eigenvalue weighted by Gasteiger charge is 2.47. The van der Waals surface area contributed by atoms with Gasteiger partial charge in [-0.1, -0.05) is 12.2 Å². The summed E-state index contributed by atoms with van der Waals surface area (Å²) in [6.45, 7) is 3.56. The molecule has 1 aliphatic rings. The van der Waals surface area contributed by atoms with Crippen molar-refractivity contribution in [2.45, 2.75) is 12.8 Å². The van der Waals surface area contributed by atoms with E-state index in [1.807, 2.05) is 0 Å². The Labute approximate surface area is 65.7 Å². The predicted octanol–water partition coefficient (Wildman–Crippen LogP) is 0.488. The summed E-state index contributed by atoms with van der Waals surface area (Å²) in [6, 6.07) is 0. The van der Waals surface area contributed by atoms with E-state index in [-0.39, 0.29) is 12.6 Å². The molecule has 0 amide bonds. The molecule has 62 valence electrons. The van der Waals surface area contributed by atoms with Gasteiger partial charge in [0.05, 0.1) is 19.1 Å². The van der Waals surface area contributed by atoms with Gasteiger partial charge in [0, 0.05) is 0 Å². The number of ether oxygens (including phenoxy) is 1. The number of aliphatic hydroxyl groups excluding tert-OH is 1. The molecular weight excluding hydrogens is 144 g/mol. The van der Waals surface area contributed by atoms with Gasteiger partial charge in [0.2, 0.25) is 0 Å². The van der Waals surface area contributed by atoms with Gasteiger partial charge in [0.15, 0.2) is 0 Å². The van der Waals surface area contributed by atoms with E-state index in [0.29, 0.717) is 12.8 Å². The average molecular weight is 156 g/mol. The van der Waals surface area contributed by atoms with Gasteiger partial charge in [0.1, 0.15) is 0 Å². The maximum absolute atomic E-state index is 11.1. The smallest absolute Gasteiger partial charge is 0.314 e. The van der Waals surface area contributed by atoms with Crippen LogP contribution in [0.3, 0.4) is 0 Å². The molecule has 0 heterocycles. The van der Waals surface area contributed by atoms with Crippen LogP contribution in [0.5, 0.6) is 0 Å². The van der Waals surface area contributed by atoms with Crippen LogP contribution < -0.4 is 0 Å². The Bertz CT molecular complexity index is 188. The van der Waals surface area contributed by atoms with Crippen molar-refractivity contribution < 1.29 is 14.6 Å². The van der Waals surface area contributed by atoms with E-state index in [1.165, 1.54) is 7.11 Å². The number of carbonyl (C=O) groups is 1. The van der Waals surface area contributed by atoms with Crippen molar-refractivity contribution in [2.24, 2.45) is 5.41 Å². The normalized spacial score (nSPS) is 20.7. The Morgan fingerprint density at radius 3 is 2.64 bits per heavy atom. The molecule has 0 aliphatic heterocycles. The second-order valence-corrected chi connectivity index (χ2v) is 3.03. The van der Waals surface area contributed by atoms with Crippen LogP contribution in [0.2, 0.25) is 0 Å². The Hall–Kier alpha value is -0.830. The second kappa shape index (κ2) is 2.66. The van der Waals surface area contributed by atoms with Crippen molar-refractivity contribution in [3.05, 3.63) is 12.2 Å². The van der Waals surface area contributed by atoms with Gasteiger partial charge in [0.25, 0.3) is 0 Å². The molecule has 0 saturated heterocycles. The van der Waals surface area contributed by atoms with Crippen molar-refractivity contribution in [1.82, 2.24) is 0 Å². The molecule has 0 aromatic carbocycles. The van der Waals surface area contributed by atoms with Crippen molar-refractivity contribution >= 4 is 5.97 Å². The van der Waals surface area contributed by atoms with Gasteiger partial charge in [-0.05, 0) is 12.8 Å². The van der Waals surface area contributed by atoms with Crippen LogP contribution in [0.1, 0.15) is 12.8 Å². The van der Waals surface area contributed by atoms with Gasteiger partial charge in [-0.15, -0.1) is 0 Å². The fraction of sp³-hybridized carbons (Fsp3) is 0.625. The van der Waals surface area contributed by atoms with Gasteiger partial charge in [-0.3, -0.25) is 4.79 Å². The third kappa shape index (κ3) is 1.16. The fourth-order valence-corrected chi connectivity index (χ4v) is 1.44. The number of hydrogen-bond donors (Lipinski definition) is 1. The molecule has 11 heavy (non-hydrogen) atoms. The SMILES string of the molecule is C=C1CC(CO)(C(=O)OC)C1. The van der Waals surface area contributed by atoms with Gasteiger partial charge < -0.3 is 9.84 Å². The number of rotatable bonds is 2.